The van der Waals surface area contributed by atoms with Crippen LogP contribution in [0.25, 0.3) is 0 Å². The minimum Gasteiger partial charge on any atom is -0.491 e. The number of piperidine rings is 1. The molecule has 0 saturated carbocycles. The van der Waals surface area contributed by atoms with Crippen molar-refractivity contribution in [3.8, 4) is 5.75 Å². The molecule has 3 aliphatic rings. The number of hydrogen-bond donors (Lipinski definition) is 0. The number of aromatic nitrogens is 2. The van der Waals surface area contributed by atoms with Crippen LogP contribution in [0.3, 0.4) is 0 Å². The van der Waals surface area contributed by atoms with Gasteiger partial charge in [0, 0.05) is 32.0 Å². The first kappa shape index (κ1) is 20.1. The summed E-state index contributed by atoms with van der Waals surface area (Å²) < 4.78 is 39.1. The van der Waals surface area contributed by atoms with E-state index in [1.54, 1.807) is 17.3 Å². The van der Waals surface area contributed by atoms with Crippen LogP contribution in [0.1, 0.15) is 44.2 Å². The summed E-state index contributed by atoms with van der Waals surface area (Å²) in [5, 5.41) is 0. The molecule has 4 heterocycles. The predicted octanol–water partition coefficient (Wildman–Crippen LogP) is 3.21. The first-order chi connectivity index (χ1) is 15.0. The Morgan fingerprint density at radius 1 is 1.13 bits per heavy atom. The van der Waals surface area contributed by atoms with Crippen molar-refractivity contribution < 1.29 is 23.0 Å². The number of carbonyl (C=O) groups is 1. The first-order valence-electron chi connectivity index (χ1n) is 10.7. The van der Waals surface area contributed by atoms with Crippen molar-refractivity contribution in [1.82, 2.24) is 14.9 Å². The van der Waals surface area contributed by atoms with Gasteiger partial charge in [0.05, 0.1) is 25.0 Å². The molecule has 0 bridgehead atoms. The van der Waals surface area contributed by atoms with Crippen molar-refractivity contribution in [2.45, 2.75) is 50.5 Å². The molecule has 9 heteroatoms. The largest absolute Gasteiger partial charge is 0.491 e. The Morgan fingerprint density at radius 2 is 1.81 bits per heavy atom. The average molecular weight is 430 g/mol. The van der Waals surface area contributed by atoms with Gasteiger partial charge in [-0.05, 0) is 37.5 Å². The highest BCUT2D eigenvalue weighted by Crippen LogP contribution is 2.47. The van der Waals surface area contributed by atoms with E-state index in [0.29, 0.717) is 62.6 Å². The lowest BCUT2D eigenvalue weighted by atomic mass is 9.89. The van der Waals surface area contributed by atoms with Crippen molar-refractivity contribution in [1.29, 1.82) is 0 Å². The molecule has 2 unspecified atom stereocenters. The second-order valence-electron chi connectivity index (χ2n) is 8.21. The van der Waals surface area contributed by atoms with Gasteiger partial charge in [-0.1, -0.05) is 0 Å². The number of ether oxygens (including phenoxy) is 2. The summed E-state index contributed by atoms with van der Waals surface area (Å²) in [6.45, 7) is 3.62. The molecular formula is C22H24F2N4O3. The number of carbonyl (C=O) groups excluding carboxylic acids is 1. The van der Waals surface area contributed by atoms with Gasteiger partial charge in [-0.25, -0.2) is 18.7 Å². The van der Waals surface area contributed by atoms with Crippen molar-refractivity contribution in [3.63, 3.8) is 0 Å². The Morgan fingerprint density at radius 3 is 2.45 bits per heavy atom. The molecule has 1 amide bonds. The Labute approximate surface area is 179 Å². The van der Waals surface area contributed by atoms with E-state index in [1.165, 1.54) is 12.1 Å². The van der Waals surface area contributed by atoms with Crippen LogP contribution in [0.15, 0.2) is 30.6 Å². The van der Waals surface area contributed by atoms with Crippen LogP contribution in [0.4, 0.5) is 14.7 Å². The molecule has 2 aromatic rings. The third-order valence-corrected chi connectivity index (χ3v) is 6.37. The molecule has 5 rings (SSSR count). The van der Waals surface area contributed by atoms with Gasteiger partial charge < -0.3 is 19.3 Å². The third kappa shape index (κ3) is 3.50. The highest BCUT2D eigenvalue weighted by molar-refractivity contribution is 5.88. The Hall–Kier alpha value is -2.81. The molecule has 31 heavy (non-hydrogen) atoms. The zero-order valence-electron chi connectivity index (χ0n) is 17.3. The Bertz CT molecular complexity index is 959. The van der Waals surface area contributed by atoms with Crippen LogP contribution >= 0.6 is 0 Å². The average Bonchev–Trinajstić information content (AvgIpc) is 3.27. The van der Waals surface area contributed by atoms with Crippen LogP contribution in [-0.4, -0.2) is 52.3 Å². The van der Waals surface area contributed by atoms with E-state index in [2.05, 4.69) is 9.97 Å². The molecule has 1 spiro atoms. The number of halogens is 2. The smallest absolute Gasteiger partial charge is 0.257 e. The van der Waals surface area contributed by atoms with Gasteiger partial charge >= 0.3 is 0 Å². The van der Waals surface area contributed by atoms with Crippen LogP contribution in [-0.2, 0) is 9.53 Å². The number of amides is 1. The molecule has 1 aromatic carbocycles. The maximum atomic E-state index is 13.7. The quantitative estimate of drug-likeness (QED) is 0.742. The van der Waals surface area contributed by atoms with Crippen LogP contribution in [0.5, 0.6) is 5.75 Å². The Balaban J connectivity index is 1.30. The second-order valence-corrected chi connectivity index (χ2v) is 8.21. The fourth-order valence-corrected chi connectivity index (χ4v) is 4.92. The molecule has 3 aliphatic heterocycles. The normalized spacial score (nSPS) is 24.7. The summed E-state index contributed by atoms with van der Waals surface area (Å²) >= 11 is 0. The molecule has 0 N–H and O–H groups in total. The highest BCUT2D eigenvalue weighted by Gasteiger charge is 2.58. The van der Waals surface area contributed by atoms with E-state index < -0.39 is 17.2 Å². The van der Waals surface area contributed by atoms with Crippen molar-refractivity contribution in [3.05, 3.63) is 47.8 Å². The summed E-state index contributed by atoms with van der Waals surface area (Å²) in [5.74, 6) is -0.141. The van der Waals surface area contributed by atoms with Gasteiger partial charge in [-0.15, -0.1) is 0 Å². The summed E-state index contributed by atoms with van der Waals surface area (Å²) in [6.07, 6.45) is 5.25. The fraction of sp³-hybridized carbons (Fsp3) is 0.500. The van der Waals surface area contributed by atoms with E-state index in [1.807, 2.05) is 11.8 Å². The highest BCUT2D eigenvalue weighted by atomic mass is 19.1. The molecule has 164 valence electrons. The second kappa shape index (κ2) is 7.71. The maximum Gasteiger partial charge on any atom is 0.257 e. The topological polar surface area (TPSA) is 67.8 Å². The fourth-order valence-electron chi connectivity index (χ4n) is 4.92. The monoisotopic (exact) mass is 430 g/mol. The third-order valence-electron chi connectivity index (χ3n) is 6.37. The molecule has 1 aromatic heterocycles. The number of fused-ring (bicyclic) bond motifs is 1. The Kier molecular flexibility index (Phi) is 5.00. The van der Waals surface area contributed by atoms with Crippen molar-refractivity contribution in [2.75, 3.05) is 24.6 Å². The van der Waals surface area contributed by atoms with E-state index in [0.717, 1.165) is 6.07 Å². The van der Waals surface area contributed by atoms with Gasteiger partial charge in [0.1, 0.15) is 17.9 Å². The number of anilines is 1. The number of benzene rings is 1. The minimum atomic E-state index is -0.892. The van der Waals surface area contributed by atoms with E-state index >= 15 is 0 Å². The molecule has 3 fully saturated rings. The van der Waals surface area contributed by atoms with Crippen LogP contribution in [0, 0.1) is 11.6 Å². The van der Waals surface area contributed by atoms with Crippen molar-refractivity contribution in [2.24, 2.45) is 0 Å². The van der Waals surface area contributed by atoms with Gasteiger partial charge in [-0.2, -0.15) is 0 Å². The molecule has 2 atom stereocenters. The molecule has 3 saturated heterocycles. The van der Waals surface area contributed by atoms with Gasteiger partial charge in [0.2, 0.25) is 5.95 Å². The lowest BCUT2D eigenvalue weighted by molar-refractivity contribution is -0.140. The molecule has 0 radical (unpaired) electrons. The van der Waals surface area contributed by atoms with Crippen LogP contribution < -0.4 is 9.64 Å². The maximum absolute atomic E-state index is 13.7. The number of nitrogens with zero attached hydrogens (tertiary/aromatic N) is 4. The predicted molar refractivity (Wildman–Crippen MR) is 107 cm³/mol. The van der Waals surface area contributed by atoms with Crippen LogP contribution in [0.2, 0.25) is 0 Å². The lowest BCUT2D eigenvalue weighted by Gasteiger charge is -2.37. The van der Waals surface area contributed by atoms with Gasteiger partial charge in [0.15, 0.2) is 11.4 Å². The first-order valence-corrected chi connectivity index (χ1v) is 10.7. The lowest BCUT2D eigenvalue weighted by Crippen LogP contribution is -2.50. The minimum absolute atomic E-state index is 0.0862. The van der Waals surface area contributed by atoms with Crippen molar-refractivity contribution >= 4 is 11.9 Å². The van der Waals surface area contributed by atoms with Gasteiger partial charge in [0.25, 0.3) is 5.91 Å². The van der Waals surface area contributed by atoms with E-state index in [9.17, 15) is 13.6 Å². The summed E-state index contributed by atoms with van der Waals surface area (Å²) in [6, 6.07) is 3.09. The number of hydrogen-bond acceptors (Lipinski definition) is 6. The SMILES string of the molecule is CCOc1cnc(N2CCC3(CC2)OC2CCC(c4cc(F)cc(F)c4)N2C3=O)nc1. The zero-order chi connectivity index (χ0) is 21.6. The molecule has 0 aliphatic carbocycles. The van der Waals surface area contributed by atoms with E-state index in [4.69, 9.17) is 9.47 Å². The van der Waals surface area contributed by atoms with Gasteiger partial charge in [-0.3, -0.25) is 4.79 Å². The summed E-state index contributed by atoms with van der Waals surface area (Å²) in [5.41, 5.74) is -0.411. The van der Waals surface area contributed by atoms with E-state index in [-0.39, 0.29) is 18.2 Å². The number of rotatable bonds is 4. The summed E-state index contributed by atoms with van der Waals surface area (Å²) in [7, 11) is 0. The molecular weight excluding hydrogens is 406 g/mol. The summed E-state index contributed by atoms with van der Waals surface area (Å²) in [4.78, 5) is 25.9. The zero-order valence-corrected chi connectivity index (χ0v) is 17.3. The standard InChI is InChI=1S/C22H24F2N4O3/c1-2-30-17-12-25-21(26-13-17)27-7-5-22(6-8-27)20(29)28-18(3-4-19(28)31-22)14-9-15(23)11-16(24)10-14/h9-13,18-19H,2-8H2,1H3. The molecule has 7 nitrogen and oxygen atoms in total.